The fraction of sp³-hybridized carbons (Fsp3) is 0.600. The molecule has 1 aromatic rings. The number of fused-ring (bicyclic) bond motifs is 1. The highest BCUT2D eigenvalue weighted by Gasteiger charge is 2.17. The zero-order chi connectivity index (χ0) is 9.97. The molecule has 1 aliphatic rings. The van der Waals surface area contributed by atoms with Crippen molar-refractivity contribution in [1.29, 1.82) is 0 Å². The third-order valence-corrected chi connectivity index (χ3v) is 3.15. The molecule has 3 nitrogen and oxygen atoms in total. The van der Waals surface area contributed by atoms with E-state index in [-0.39, 0.29) is 0 Å². The zero-order valence-electron chi connectivity index (χ0n) is 8.42. The number of thioether (sulfide) groups is 1. The average molecular weight is 209 g/mol. The molecule has 0 atom stereocenters. The van der Waals surface area contributed by atoms with Gasteiger partial charge in [0.05, 0.1) is 0 Å². The second kappa shape index (κ2) is 4.17. The van der Waals surface area contributed by atoms with Crippen LogP contribution in [0.3, 0.4) is 0 Å². The lowest BCUT2D eigenvalue weighted by Gasteiger charge is -2.05. The number of hydrogen-bond donors (Lipinski definition) is 1. The molecule has 0 fully saturated rings. The summed E-state index contributed by atoms with van der Waals surface area (Å²) in [6.07, 6.45) is 6.34. The second-order valence-corrected chi connectivity index (χ2v) is 4.53. The van der Waals surface area contributed by atoms with Gasteiger partial charge in [-0.1, -0.05) is 0 Å². The van der Waals surface area contributed by atoms with E-state index in [9.17, 15) is 0 Å². The molecule has 0 spiro atoms. The number of aromatic nitrogens is 2. The summed E-state index contributed by atoms with van der Waals surface area (Å²) in [6.45, 7) is 0. The van der Waals surface area contributed by atoms with E-state index in [1.54, 1.807) is 0 Å². The fourth-order valence-electron chi connectivity index (χ4n) is 1.82. The van der Waals surface area contributed by atoms with Crippen LogP contribution in [0, 0.1) is 0 Å². The molecule has 4 heteroatoms. The largest absolute Gasteiger partial charge is 0.383 e. The Kier molecular flexibility index (Phi) is 2.91. The van der Waals surface area contributed by atoms with Gasteiger partial charge in [-0.3, -0.25) is 0 Å². The van der Waals surface area contributed by atoms with Crippen LogP contribution in [-0.2, 0) is 19.3 Å². The number of nitrogens with two attached hydrogens (primary N) is 1. The maximum Gasteiger partial charge on any atom is 0.131 e. The predicted octanol–water partition coefficient (Wildman–Crippen LogP) is 1.45. The number of nitrogen functional groups attached to an aromatic ring is 1. The Morgan fingerprint density at radius 3 is 3.00 bits per heavy atom. The Balaban J connectivity index is 2.23. The number of hydrogen-bond acceptors (Lipinski definition) is 4. The minimum Gasteiger partial charge on any atom is -0.383 e. The summed E-state index contributed by atoms with van der Waals surface area (Å²) in [5, 5.41) is 0. The maximum absolute atomic E-state index is 5.89. The van der Waals surface area contributed by atoms with Gasteiger partial charge in [0.2, 0.25) is 0 Å². The Bertz CT molecular complexity index is 338. The number of anilines is 1. The van der Waals surface area contributed by atoms with Crippen molar-refractivity contribution in [1.82, 2.24) is 9.97 Å². The van der Waals surface area contributed by atoms with Gasteiger partial charge in [0.15, 0.2) is 0 Å². The predicted molar refractivity (Wildman–Crippen MR) is 60.6 cm³/mol. The van der Waals surface area contributed by atoms with E-state index >= 15 is 0 Å². The van der Waals surface area contributed by atoms with E-state index in [2.05, 4.69) is 16.2 Å². The van der Waals surface area contributed by atoms with Crippen LogP contribution in [0.25, 0.3) is 0 Å². The van der Waals surface area contributed by atoms with Crippen LogP contribution < -0.4 is 5.73 Å². The van der Waals surface area contributed by atoms with Crippen LogP contribution in [0.1, 0.15) is 23.5 Å². The van der Waals surface area contributed by atoms with Gasteiger partial charge in [-0.05, 0) is 25.5 Å². The van der Waals surface area contributed by atoms with Gasteiger partial charge in [0.25, 0.3) is 0 Å². The molecule has 1 aromatic heterocycles. The highest BCUT2D eigenvalue weighted by atomic mass is 32.2. The second-order valence-electron chi connectivity index (χ2n) is 3.55. The Hall–Kier alpha value is -0.770. The summed E-state index contributed by atoms with van der Waals surface area (Å²) in [5.74, 6) is 2.69. The molecule has 76 valence electrons. The molecule has 1 aliphatic carbocycles. The molecule has 0 aliphatic heterocycles. The molecule has 0 bridgehead atoms. The fourth-order valence-corrected chi connectivity index (χ4v) is 2.21. The lowest BCUT2D eigenvalue weighted by Crippen LogP contribution is -2.06. The molecule has 0 radical (unpaired) electrons. The molecule has 0 aromatic carbocycles. The molecule has 0 saturated heterocycles. The molecule has 0 unspecified atom stereocenters. The first-order valence-electron chi connectivity index (χ1n) is 4.94. The molecule has 1 heterocycles. The highest BCUT2D eigenvalue weighted by Crippen LogP contribution is 2.24. The summed E-state index contributed by atoms with van der Waals surface area (Å²) < 4.78 is 0. The van der Waals surface area contributed by atoms with Gasteiger partial charge in [0, 0.05) is 23.4 Å². The van der Waals surface area contributed by atoms with Crippen molar-refractivity contribution in [3.8, 4) is 0 Å². The first-order valence-corrected chi connectivity index (χ1v) is 6.33. The molecule has 0 saturated carbocycles. The monoisotopic (exact) mass is 209 g/mol. The van der Waals surface area contributed by atoms with E-state index in [1.165, 1.54) is 17.7 Å². The summed E-state index contributed by atoms with van der Waals surface area (Å²) >= 11 is 1.81. The minimum atomic E-state index is 0.712. The molecule has 0 amide bonds. The van der Waals surface area contributed by atoms with E-state index in [0.717, 1.165) is 30.8 Å². The smallest absolute Gasteiger partial charge is 0.131 e. The Morgan fingerprint density at radius 2 is 2.21 bits per heavy atom. The minimum absolute atomic E-state index is 0.712. The van der Waals surface area contributed by atoms with Gasteiger partial charge < -0.3 is 5.73 Å². The quantitative estimate of drug-likeness (QED) is 0.818. The number of rotatable bonds is 3. The van der Waals surface area contributed by atoms with Crippen molar-refractivity contribution in [3.63, 3.8) is 0 Å². The lowest BCUT2D eigenvalue weighted by molar-refractivity contribution is 0.881. The number of aryl methyl sites for hydroxylation is 2. The summed E-state index contributed by atoms with van der Waals surface area (Å²) in [4.78, 5) is 8.88. The molecular formula is C10H15N3S. The van der Waals surface area contributed by atoms with E-state index < -0.39 is 0 Å². The topological polar surface area (TPSA) is 51.8 Å². The van der Waals surface area contributed by atoms with Crippen molar-refractivity contribution >= 4 is 17.6 Å². The molecule has 14 heavy (non-hydrogen) atoms. The van der Waals surface area contributed by atoms with Crippen LogP contribution in [0.15, 0.2) is 0 Å². The average Bonchev–Trinajstić information content (AvgIpc) is 2.63. The van der Waals surface area contributed by atoms with Crippen molar-refractivity contribution in [2.24, 2.45) is 0 Å². The van der Waals surface area contributed by atoms with Crippen molar-refractivity contribution in [3.05, 3.63) is 17.1 Å². The standard InChI is InChI=1S/C10H15N3S/c1-14-6-5-9-12-8-4-2-3-7(8)10(11)13-9/h2-6H2,1H3,(H2,11,12,13). The van der Waals surface area contributed by atoms with Crippen molar-refractivity contribution in [2.75, 3.05) is 17.7 Å². The lowest BCUT2D eigenvalue weighted by atomic mass is 10.2. The summed E-state index contributed by atoms with van der Waals surface area (Å²) in [7, 11) is 0. The first-order chi connectivity index (χ1) is 6.81. The summed E-state index contributed by atoms with van der Waals surface area (Å²) in [5.41, 5.74) is 8.27. The zero-order valence-corrected chi connectivity index (χ0v) is 9.23. The van der Waals surface area contributed by atoms with E-state index in [1.807, 2.05) is 11.8 Å². The van der Waals surface area contributed by atoms with Crippen molar-refractivity contribution in [2.45, 2.75) is 25.7 Å². The third-order valence-electron chi connectivity index (χ3n) is 2.54. The van der Waals surface area contributed by atoms with Gasteiger partial charge >= 0.3 is 0 Å². The summed E-state index contributed by atoms with van der Waals surface area (Å²) in [6, 6.07) is 0. The van der Waals surface area contributed by atoms with Crippen LogP contribution in [0.4, 0.5) is 5.82 Å². The first kappa shape index (κ1) is 9.77. The Labute approximate surface area is 88.5 Å². The van der Waals surface area contributed by atoms with Gasteiger partial charge in [-0.15, -0.1) is 0 Å². The van der Waals surface area contributed by atoms with Crippen LogP contribution in [0.5, 0.6) is 0 Å². The maximum atomic E-state index is 5.89. The molecular weight excluding hydrogens is 194 g/mol. The SMILES string of the molecule is CSCCc1nc(N)c2c(n1)CCC2. The number of nitrogens with zero attached hydrogens (tertiary/aromatic N) is 2. The molecule has 2 N–H and O–H groups in total. The van der Waals surface area contributed by atoms with Crippen LogP contribution >= 0.6 is 11.8 Å². The normalized spacial score (nSPS) is 14.4. The van der Waals surface area contributed by atoms with Crippen LogP contribution in [0.2, 0.25) is 0 Å². The van der Waals surface area contributed by atoms with Gasteiger partial charge in [-0.25, -0.2) is 9.97 Å². The Morgan fingerprint density at radius 1 is 1.36 bits per heavy atom. The van der Waals surface area contributed by atoms with E-state index in [0.29, 0.717) is 5.82 Å². The molecule has 2 rings (SSSR count). The third kappa shape index (κ3) is 1.85. The van der Waals surface area contributed by atoms with Crippen LogP contribution in [-0.4, -0.2) is 22.0 Å². The van der Waals surface area contributed by atoms with Gasteiger partial charge in [-0.2, -0.15) is 11.8 Å². The van der Waals surface area contributed by atoms with Gasteiger partial charge in [0.1, 0.15) is 11.6 Å². The van der Waals surface area contributed by atoms with Crippen molar-refractivity contribution < 1.29 is 0 Å². The highest BCUT2D eigenvalue weighted by molar-refractivity contribution is 7.98. The van der Waals surface area contributed by atoms with E-state index in [4.69, 9.17) is 5.73 Å².